The smallest absolute Gasteiger partial charge is 0.279 e. The summed E-state index contributed by atoms with van der Waals surface area (Å²) in [6.07, 6.45) is 0.898. The normalized spacial score (nSPS) is 17.0. The second-order valence-corrected chi connectivity index (χ2v) is 7.94. The van der Waals surface area contributed by atoms with Crippen LogP contribution in [0.5, 0.6) is 0 Å². The highest BCUT2D eigenvalue weighted by Crippen LogP contribution is 2.38. The summed E-state index contributed by atoms with van der Waals surface area (Å²) in [5.74, 6) is -0.168. The predicted octanol–water partition coefficient (Wildman–Crippen LogP) is 3.46. The van der Waals surface area contributed by atoms with E-state index in [-0.39, 0.29) is 11.5 Å². The number of hydrogen-bond donors (Lipinski definition) is 0. The molecule has 0 aliphatic carbocycles. The third-order valence-electron chi connectivity index (χ3n) is 4.65. The zero-order valence-corrected chi connectivity index (χ0v) is 15.5. The van der Waals surface area contributed by atoms with E-state index >= 15 is 0 Å². The van der Waals surface area contributed by atoms with E-state index in [1.165, 1.54) is 4.68 Å². The van der Waals surface area contributed by atoms with Crippen LogP contribution in [0.15, 0.2) is 58.2 Å². The van der Waals surface area contributed by atoms with Gasteiger partial charge in [0.15, 0.2) is 5.69 Å². The predicted molar refractivity (Wildman–Crippen MR) is 105 cm³/mol. The number of thioether (sulfide) groups is 1. The molecule has 0 N–H and O–H groups in total. The summed E-state index contributed by atoms with van der Waals surface area (Å²) in [4.78, 5) is 28.7. The Morgan fingerprint density at radius 2 is 1.81 bits per heavy atom. The van der Waals surface area contributed by atoms with Crippen molar-refractivity contribution in [2.24, 2.45) is 7.05 Å². The Morgan fingerprint density at radius 3 is 2.62 bits per heavy atom. The van der Waals surface area contributed by atoms with E-state index in [0.717, 1.165) is 17.0 Å². The van der Waals surface area contributed by atoms with Gasteiger partial charge in [0.05, 0.1) is 11.1 Å². The largest absolute Gasteiger partial charge is 0.306 e. The van der Waals surface area contributed by atoms with Crippen molar-refractivity contribution in [1.82, 2.24) is 9.78 Å². The molecule has 0 radical (unpaired) electrons. The Labute approximate surface area is 155 Å². The van der Waals surface area contributed by atoms with Crippen LogP contribution in [-0.4, -0.2) is 27.5 Å². The highest BCUT2D eigenvalue weighted by atomic mass is 32.2. The van der Waals surface area contributed by atoms with Gasteiger partial charge in [-0.15, -0.1) is 11.8 Å². The highest BCUT2D eigenvalue weighted by Gasteiger charge is 2.27. The van der Waals surface area contributed by atoms with Crippen LogP contribution >= 0.6 is 11.8 Å². The van der Waals surface area contributed by atoms with Crippen molar-refractivity contribution in [3.05, 3.63) is 64.6 Å². The van der Waals surface area contributed by atoms with E-state index < -0.39 is 0 Å². The number of aryl methyl sites for hydroxylation is 1. The fourth-order valence-electron chi connectivity index (χ4n) is 3.28. The number of rotatable bonds is 1. The Balaban J connectivity index is 1.88. The summed E-state index contributed by atoms with van der Waals surface area (Å²) >= 11 is 1.79. The molecule has 132 valence electrons. The summed E-state index contributed by atoms with van der Waals surface area (Å²) in [6.45, 7) is 2.80. The van der Waals surface area contributed by atoms with Gasteiger partial charge in [-0.2, -0.15) is 5.10 Å². The molecular formula is C20H19N3O2S. The van der Waals surface area contributed by atoms with Crippen molar-refractivity contribution < 1.29 is 4.79 Å². The number of benzene rings is 2. The van der Waals surface area contributed by atoms with Crippen molar-refractivity contribution in [3.8, 4) is 0 Å². The van der Waals surface area contributed by atoms with Crippen LogP contribution in [0, 0.1) is 0 Å². The van der Waals surface area contributed by atoms with Gasteiger partial charge in [0, 0.05) is 29.1 Å². The molecule has 5 nitrogen and oxygen atoms in total. The van der Waals surface area contributed by atoms with E-state index in [9.17, 15) is 9.59 Å². The minimum absolute atomic E-state index is 0.168. The number of hydrogen-bond acceptors (Lipinski definition) is 4. The van der Waals surface area contributed by atoms with Crippen molar-refractivity contribution in [2.75, 3.05) is 11.4 Å². The quantitative estimate of drug-likeness (QED) is 0.663. The lowest BCUT2D eigenvalue weighted by Crippen LogP contribution is -2.35. The van der Waals surface area contributed by atoms with Crippen molar-refractivity contribution in [3.63, 3.8) is 0 Å². The van der Waals surface area contributed by atoms with Gasteiger partial charge in [0.2, 0.25) is 0 Å². The molecule has 6 heteroatoms. The van der Waals surface area contributed by atoms with Gasteiger partial charge < -0.3 is 4.90 Å². The number of aromatic nitrogens is 2. The van der Waals surface area contributed by atoms with Gasteiger partial charge in [0.1, 0.15) is 0 Å². The van der Waals surface area contributed by atoms with Crippen LogP contribution < -0.4 is 10.5 Å². The van der Waals surface area contributed by atoms with E-state index in [1.807, 2.05) is 30.3 Å². The molecule has 1 aliphatic rings. The molecule has 3 aromatic rings. The van der Waals surface area contributed by atoms with Gasteiger partial charge in [-0.05, 0) is 24.6 Å². The summed E-state index contributed by atoms with van der Waals surface area (Å²) in [5.41, 5.74) is 1.03. The summed E-state index contributed by atoms with van der Waals surface area (Å²) in [5, 5.41) is 5.85. The van der Waals surface area contributed by atoms with Crippen LogP contribution in [-0.2, 0) is 7.05 Å². The van der Waals surface area contributed by atoms with Gasteiger partial charge in [-0.1, -0.05) is 37.3 Å². The third-order valence-corrected chi connectivity index (χ3v) is 5.88. The van der Waals surface area contributed by atoms with Gasteiger partial charge >= 0.3 is 0 Å². The Morgan fingerprint density at radius 1 is 1.12 bits per heavy atom. The summed E-state index contributed by atoms with van der Waals surface area (Å²) in [7, 11) is 1.58. The number of amides is 1. The maximum atomic E-state index is 13.4. The lowest BCUT2D eigenvalue weighted by atomic mass is 10.1. The lowest BCUT2D eigenvalue weighted by molar-refractivity contribution is 0.0981. The lowest BCUT2D eigenvalue weighted by Gasteiger charge is -2.22. The summed E-state index contributed by atoms with van der Waals surface area (Å²) < 4.78 is 1.25. The number of anilines is 1. The van der Waals surface area contributed by atoms with E-state index in [4.69, 9.17) is 0 Å². The SMILES string of the molecule is CC1CCN(C(=O)c2nn(C)c(=O)c3ccccc23)c2ccccc2S1. The molecule has 1 aromatic heterocycles. The van der Waals surface area contributed by atoms with Crippen LogP contribution in [0.4, 0.5) is 5.69 Å². The number of carbonyl (C=O) groups excluding carboxylic acids is 1. The van der Waals surface area contributed by atoms with E-state index in [1.54, 1.807) is 41.9 Å². The molecule has 1 unspecified atom stereocenters. The Bertz CT molecular complexity index is 1060. The molecule has 26 heavy (non-hydrogen) atoms. The Kier molecular flexibility index (Phi) is 4.28. The molecule has 1 amide bonds. The molecule has 0 fully saturated rings. The fraction of sp³-hybridized carbons (Fsp3) is 0.250. The highest BCUT2D eigenvalue weighted by molar-refractivity contribution is 8.00. The maximum Gasteiger partial charge on any atom is 0.279 e. The second-order valence-electron chi connectivity index (χ2n) is 6.46. The van der Waals surface area contributed by atoms with Crippen LogP contribution in [0.3, 0.4) is 0 Å². The molecule has 0 spiro atoms. The standard InChI is InChI=1S/C20H19N3O2S/c1-13-11-12-23(16-9-5-6-10-17(16)26-13)20(25)18-14-7-3-4-8-15(14)19(24)22(2)21-18/h3-10,13H,11-12H2,1-2H3. The molecule has 1 aliphatic heterocycles. The van der Waals surface area contributed by atoms with E-state index in [0.29, 0.717) is 28.3 Å². The molecule has 2 heterocycles. The summed E-state index contributed by atoms with van der Waals surface area (Å²) in [6, 6.07) is 15.1. The number of para-hydroxylation sites is 1. The average Bonchev–Trinajstić information content (AvgIpc) is 2.82. The molecule has 4 rings (SSSR count). The molecule has 0 saturated heterocycles. The first-order valence-corrected chi connectivity index (χ1v) is 9.48. The maximum absolute atomic E-state index is 13.4. The van der Waals surface area contributed by atoms with Gasteiger partial charge in [-0.25, -0.2) is 4.68 Å². The monoisotopic (exact) mass is 365 g/mol. The van der Waals surface area contributed by atoms with Crippen molar-refractivity contribution >= 4 is 34.1 Å². The first-order valence-electron chi connectivity index (χ1n) is 8.60. The minimum atomic E-state index is -0.197. The second kappa shape index (κ2) is 6.61. The number of carbonyl (C=O) groups is 1. The fourth-order valence-corrected chi connectivity index (χ4v) is 4.40. The molecule has 1 atom stereocenters. The molecule has 0 bridgehead atoms. The number of fused-ring (bicyclic) bond motifs is 2. The topological polar surface area (TPSA) is 55.2 Å². The zero-order valence-electron chi connectivity index (χ0n) is 14.7. The van der Waals surface area contributed by atoms with Crippen LogP contribution in [0.25, 0.3) is 10.8 Å². The first-order chi connectivity index (χ1) is 12.6. The first kappa shape index (κ1) is 16.8. The molecular weight excluding hydrogens is 346 g/mol. The number of nitrogens with zero attached hydrogens (tertiary/aromatic N) is 3. The Hall–Kier alpha value is -2.60. The molecule has 2 aromatic carbocycles. The van der Waals surface area contributed by atoms with Crippen LogP contribution in [0.2, 0.25) is 0 Å². The van der Waals surface area contributed by atoms with Gasteiger partial charge in [-0.3, -0.25) is 9.59 Å². The third kappa shape index (κ3) is 2.80. The molecule has 0 saturated carbocycles. The zero-order chi connectivity index (χ0) is 18.3. The average molecular weight is 365 g/mol. The van der Waals surface area contributed by atoms with Gasteiger partial charge in [0.25, 0.3) is 11.5 Å². The van der Waals surface area contributed by atoms with Crippen molar-refractivity contribution in [2.45, 2.75) is 23.5 Å². The van der Waals surface area contributed by atoms with Crippen LogP contribution in [0.1, 0.15) is 23.8 Å². The van der Waals surface area contributed by atoms with Crippen molar-refractivity contribution in [1.29, 1.82) is 0 Å². The van der Waals surface area contributed by atoms with E-state index in [2.05, 4.69) is 12.0 Å². The minimum Gasteiger partial charge on any atom is -0.306 e.